The number of carbonyl (C=O) groups is 1. The Morgan fingerprint density at radius 2 is 1.88 bits per heavy atom. The third-order valence-electron chi connectivity index (χ3n) is 5.87. The Balaban J connectivity index is 0.00000113. The summed E-state index contributed by atoms with van der Waals surface area (Å²) in [4.78, 5) is 21.9. The molecule has 3 aliphatic rings. The number of likely N-dealkylation sites (tertiary alicyclic amines) is 1. The second-order valence-electron chi connectivity index (χ2n) is 7.30. The Labute approximate surface area is 162 Å². The van der Waals surface area contributed by atoms with Gasteiger partial charge in [0, 0.05) is 38.4 Å². The maximum Gasteiger partial charge on any atom is 0.257 e. The van der Waals surface area contributed by atoms with Gasteiger partial charge in [0.05, 0.1) is 5.56 Å². The lowest BCUT2D eigenvalue weighted by molar-refractivity contribution is 0.0779. The number of carbonyl (C=O) groups excluding carboxylic acids is 1. The van der Waals surface area contributed by atoms with Crippen LogP contribution in [-0.2, 0) is 0 Å². The van der Waals surface area contributed by atoms with E-state index in [1.807, 2.05) is 17.0 Å². The Kier molecular flexibility index (Phi) is 6.94. The van der Waals surface area contributed by atoms with Gasteiger partial charge in [0.15, 0.2) is 0 Å². The lowest BCUT2D eigenvalue weighted by Crippen LogP contribution is -2.36. The van der Waals surface area contributed by atoms with Crippen molar-refractivity contribution in [1.82, 2.24) is 9.88 Å². The lowest BCUT2D eigenvalue weighted by Gasteiger charge is -2.30. The fourth-order valence-electron chi connectivity index (χ4n) is 4.57. The van der Waals surface area contributed by atoms with Gasteiger partial charge in [-0.15, -0.1) is 24.8 Å². The van der Waals surface area contributed by atoms with Crippen molar-refractivity contribution in [2.45, 2.75) is 38.1 Å². The number of anilines is 1. The molecule has 3 unspecified atom stereocenters. The quantitative estimate of drug-likeness (QED) is 0.848. The fraction of sp³-hybridized carbons (Fsp3) is 0.667. The highest BCUT2D eigenvalue weighted by Crippen LogP contribution is 2.38. The van der Waals surface area contributed by atoms with E-state index in [0.717, 1.165) is 44.0 Å². The molecule has 25 heavy (non-hydrogen) atoms. The molecule has 0 radical (unpaired) electrons. The van der Waals surface area contributed by atoms with Crippen molar-refractivity contribution in [3.63, 3.8) is 0 Å². The molecule has 1 aromatic heterocycles. The van der Waals surface area contributed by atoms with E-state index in [0.29, 0.717) is 11.8 Å². The first-order valence-electron chi connectivity index (χ1n) is 8.99. The van der Waals surface area contributed by atoms with E-state index < -0.39 is 0 Å². The molecule has 3 atom stereocenters. The van der Waals surface area contributed by atoms with Crippen molar-refractivity contribution in [2.24, 2.45) is 17.6 Å². The number of nitrogens with two attached hydrogens (primary N) is 1. The number of hydrogen-bond acceptors (Lipinski definition) is 4. The predicted octanol–water partition coefficient (Wildman–Crippen LogP) is 2.72. The number of halogens is 2. The topological polar surface area (TPSA) is 62.5 Å². The maximum atomic E-state index is 13.1. The molecule has 1 aromatic rings. The molecule has 3 heterocycles. The summed E-state index contributed by atoms with van der Waals surface area (Å²) in [5, 5.41) is 0. The summed E-state index contributed by atoms with van der Waals surface area (Å²) in [6, 6.07) is 4.09. The van der Waals surface area contributed by atoms with Crippen molar-refractivity contribution >= 4 is 36.5 Å². The molecule has 0 spiro atoms. The van der Waals surface area contributed by atoms with Crippen molar-refractivity contribution in [3.05, 3.63) is 23.9 Å². The van der Waals surface area contributed by atoms with Gasteiger partial charge in [-0.25, -0.2) is 4.98 Å². The van der Waals surface area contributed by atoms with Crippen LogP contribution in [0.3, 0.4) is 0 Å². The van der Waals surface area contributed by atoms with Crippen LogP contribution in [0.2, 0.25) is 0 Å². The zero-order chi connectivity index (χ0) is 15.8. The lowest BCUT2D eigenvalue weighted by atomic mass is 9.98. The van der Waals surface area contributed by atoms with Gasteiger partial charge in [0.2, 0.25) is 0 Å². The zero-order valence-corrected chi connectivity index (χ0v) is 16.1. The normalized spacial score (nSPS) is 28.1. The van der Waals surface area contributed by atoms with Crippen LogP contribution >= 0.6 is 24.8 Å². The van der Waals surface area contributed by atoms with E-state index in [9.17, 15) is 4.79 Å². The average molecular weight is 387 g/mol. The average Bonchev–Trinajstić information content (AvgIpc) is 3.17. The van der Waals surface area contributed by atoms with Crippen LogP contribution in [0, 0.1) is 11.8 Å². The molecule has 140 valence electrons. The van der Waals surface area contributed by atoms with Crippen LogP contribution in [0.1, 0.15) is 42.5 Å². The number of pyridine rings is 1. The largest absolute Gasteiger partial charge is 0.356 e. The summed E-state index contributed by atoms with van der Waals surface area (Å²) in [5.74, 6) is 2.11. The highest BCUT2D eigenvalue weighted by molar-refractivity contribution is 5.99. The second kappa shape index (κ2) is 8.56. The van der Waals surface area contributed by atoms with Crippen molar-refractivity contribution < 1.29 is 4.79 Å². The molecule has 4 rings (SSSR count). The van der Waals surface area contributed by atoms with Crippen LogP contribution in [-0.4, -0.2) is 48.0 Å². The van der Waals surface area contributed by atoms with Gasteiger partial charge < -0.3 is 15.5 Å². The van der Waals surface area contributed by atoms with Gasteiger partial charge in [-0.2, -0.15) is 0 Å². The van der Waals surface area contributed by atoms with Crippen LogP contribution in [0.4, 0.5) is 5.82 Å². The van der Waals surface area contributed by atoms with Crippen LogP contribution < -0.4 is 10.6 Å². The number of fused-ring (bicyclic) bond motifs is 1. The summed E-state index contributed by atoms with van der Waals surface area (Å²) in [6.45, 7) is 3.70. The summed E-state index contributed by atoms with van der Waals surface area (Å²) >= 11 is 0. The fourth-order valence-corrected chi connectivity index (χ4v) is 4.57. The van der Waals surface area contributed by atoms with Crippen molar-refractivity contribution in [3.8, 4) is 0 Å². The molecule has 0 aromatic carbocycles. The molecular formula is C18H28Cl2N4O. The molecule has 1 saturated carbocycles. The van der Waals surface area contributed by atoms with E-state index in [1.165, 1.54) is 25.7 Å². The van der Waals surface area contributed by atoms with Gasteiger partial charge in [-0.05, 0) is 56.1 Å². The van der Waals surface area contributed by atoms with Crippen LogP contribution in [0.5, 0.6) is 0 Å². The molecule has 2 aliphatic heterocycles. The molecule has 1 amide bonds. The third kappa shape index (κ3) is 3.88. The SMILES string of the molecule is Cl.Cl.NC1CCC2CN(C(=O)c3cccnc3N3CCCCC3)CC12. The minimum atomic E-state index is 0. The minimum Gasteiger partial charge on any atom is -0.356 e. The van der Waals surface area contributed by atoms with Crippen LogP contribution in [0.25, 0.3) is 0 Å². The molecule has 7 heteroatoms. The third-order valence-corrected chi connectivity index (χ3v) is 5.87. The number of amides is 1. The molecule has 3 fully saturated rings. The highest BCUT2D eigenvalue weighted by atomic mass is 35.5. The first kappa shape index (κ1) is 20.3. The van der Waals surface area contributed by atoms with Gasteiger partial charge in [0.1, 0.15) is 5.82 Å². The van der Waals surface area contributed by atoms with Crippen LogP contribution in [0.15, 0.2) is 18.3 Å². The summed E-state index contributed by atoms with van der Waals surface area (Å²) < 4.78 is 0. The molecule has 5 nitrogen and oxygen atoms in total. The van der Waals surface area contributed by atoms with E-state index in [-0.39, 0.29) is 36.8 Å². The second-order valence-corrected chi connectivity index (χ2v) is 7.30. The number of piperidine rings is 1. The number of nitrogens with zero attached hydrogens (tertiary/aromatic N) is 3. The van der Waals surface area contributed by atoms with Crippen molar-refractivity contribution in [1.29, 1.82) is 0 Å². The first-order chi connectivity index (χ1) is 11.2. The molecule has 1 aliphatic carbocycles. The van der Waals surface area contributed by atoms with E-state index >= 15 is 0 Å². The summed E-state index contributed by atoms with van der Waals surface area (Å²) in [7, 11) is 0. The molecular weight excluding hydrogens is 359 g/mol. The number of rotatable bonds is 2. The standard InChI is InChI=1S/C18H26N4O.2ClH/c19-16-7-6-13-11-22(12-15(13)16)18(23)14-5-4-8-20-17(14)21-9-2-1-3-10-21;;/h4-5,8,13,15-16H,1-3,6-7,9-12,19H2;2*1H. The van der Waals surface area contributed by atoms with Crippen molar-refractivity contribution in [2.75, 3.05) is 31.1 Å². The smallest absolute Gasteiger partial charge is 0.257 e. The summed E-state index contributed by atoms with van der Waals surface area (Å²) in [5.41, 5.74) is 6.98. The zero-order valence-electron chi connectivity index (χ0n) is 14.5. The number of aromatic nitrogens is 1. The first-order valence-corrected chi connectivity index (χ1v) is 8.99. The van der Waals surface area contributed by atoms with Gasteiger partial charge in [-0.3, -0.25) is 4.79 Å². The van der Waals surface area contributed by atoms with E-state index in [2.05, 4.69) is 9.88 Å². The minimum absolute atomic E-state index is 0. The predicted molar refractivity (Wildman–Crippen MR) is 105 cm³/mol. The molecule has 2 N–H and O–H groups in total. The van der Waals surface area contributed by atoms with Gasteiger partial charge >= 0.3 is 0 Å². The Bertz CT molecular complexity index is 594. The Hall–Kier alpha value is -1.04. The maximum absolute atomic E-state index is 13.1. The highest BCUT2D eigenvalue weighted by Gasteiger charge is 2.43. The number of hydrogen-bond donors (Lipinski definition) is 1. The van der Waals surface area contributed by atoms with E-state index in [1.54, 1.807) is 6.20 Å². The Morgan fingerprint density at radius 3 is 2.60 bits per heavy atom. The van der Waals surface area contributed by atoms with Gasteiger partial charge in [0.25, 0.3) is 5.91 Å². The Morgan fingerprint density at radius 1 is 1.12 bits per heavy atom. The molecule has 0 bridgehead atoms. The monoisotopic (exact) mass is 386 g/mol. The summed E-state index contributed by atoms with van der Waals surface area (Å²) in [6.07, 6.45) is 7.74. The van der Waals surface area contributed by atoms with E-state index in [4.69, 9.17) is 5.73 Å². The molecule has 2 saturated heterocycles. The van der Waals surface area contributed by atoms with Gasteiger partial charge in [-0.1, -0.05) is 0 Å².